The molecule has 1 fully saturated rings. The molecule has 2 aromatic carbocycles. The smallest absolute Gasteiger partial charge is 0.493 e. The standard InChI is InChI=1S/C16H16BBrO4/c1-19-15-4-2-3-5-16(15)20-10-14-11-21-17(22-14)12-6-8-13(18)9-7-12/h2-9,14H,10-11H2,1H3. The van der Waals surface area contributed by atoms with Gasteiger partial charge in [-0.15, -0.1) is 0 Å². The quantitative estimate of drug-likeness (QED) is 0.766. The summed E-state index contributed by atoms with van der Waals surface area (Å²) in [6.45, 7) is 0.934. The number of methoxy groups -OCH3 is 1. The molecule has 0 aliphatic carbocycles. The van der Waals surface area contributed by atoms with Crippen molar-refractivity contribution in [1.82, 2.24) is 0 Å². The number of rotatable bonds is 5. The Hall–Kier alpha value is -1.50. The van der Waals surface area contributed by atoms with Crippen molar-refractivity contribution in [2.24, 2.45) is 0 Å². The van der Waals surface area contributed by atoms with E-state index in [2.05, 4.69) is 15.9 Å². The second-order valence-corrected chi connectivity index (χ2v) is 5.85. The molecule has 0 N–H and O–H groups in total. The lowest BCUT2D eigenvalue weighted by atomic mass is 9.79. The lowest BCUT2D eigenvalue weighted by Crippen LogP contribution is -2.33. The van der Waals surface area contributed by atoms with Crippen LogP contribution in [0.15, 0.2) is 53.0 Å². The molecule has 0 radical (unpaired) electrons. The molecule has 1 heterocycles. The van der Waals surface area contributed by atoms with Gasteiger partial charge in [0.25, 0.3) is 0 Å². The third kappa shape index (κ3) is 3.63. The molecular formula is C16H16BBrO4. The molecule has 0 spiro atoms. The fourth-order valence-corrected chi connectivity index (χ4v) is 2.52. The van der Waals surface area contributed by atoms with Crippen LogP contribution >= 0.6 is 15.9 Å². The molecule has 1 aliphatic heterocycles. The van der Waals surface area contributed by atoms with E-state index < -0.39 is 0 Å². The molecule has 22 heavy (non-hydrogen) atoms. The predicted octanol–water partition coefficient (Wildman–Crippen LogP) is 2.65. The van der Waals surface area contributed by atoms with Crippen LogP contribution in [0.3, 0.4) is 0 Å². The van der Waals surface area contributed by atoms with E-state index in [1.165, 1.54) is 0 Å². The third-order valence-electron chi connectivity index (χ3n) is 3.39. The van der Waals surface area contributed by atoms with Crippen LogP contribution in [0.5, 0.6) is 11.5 Å². The van der Waals surface area contributed by atoms with Crippen LogP contribution in [0.2, 0.25) is 0 Å². The molecule has 1 unspecified atom stereocenters. The van der Waals surface area contributed by atoms with Crippen LogP contribution in [0.4, 0.5) is 0 Å². The highest BCUT2D eigenvalue weighted by Crippen LogP contribution is 2.26. The van der Waals surface area contributed by atoms with Gasteiger partial charge in [0, 0.05) is 4.47 Å². The van der Waals surface area contributed by atoms with Crippen LogP contribution in [-0.2, 0) is 9.31 Å². The van der Waals surface area contributed by atoms with Gasteiger partial charge in [0.1, 0.15) is 6.61 Å². The van der Waals surface area contributed by atoms with Crippen molar-refractivity contribution in [2.45, 2.75) is 6.10 Å². The first-order valence-electron chi connectivity index (χ1n) is 7.04. The van der Waals surface area contributed by atoms with Crippen LogP contribution in [0.1, 0.15) is 0 Å². The lowest BCUT2D eigenvalue weighted by molar-refractivity contribution is 0.145. The topological polar surface area (TPSA) is 36.9 Å². The summed E-state index contributed by atoms with van der Waals surface area (Å²) in [4.78, 5) is 0. The Bertz CT molecular complexity index is 620. The maximum Gasteiger partial charge on any atom is 0.494 e. The second-order valence-electron chi connectivity index (χ2n) is 4.94. The number of halogens is 1. The molecule has 0 saturated carbocycles. The normalized spacial score (nSPS) is 17.5. The first kappa shape index (κ1) is 15.4. The van der Waals surface area contributed by atoms with E-state index in [0.29, 0.717) is 24.7 Å². The van der Waals surface area contributed by atoms with Crippen molar-refractivity contribution >= 4 is 28.5 Å². The van der Waals surface area contributed by atoms with E-state index in [9.17, 15) is 0 Å². The lowest BCUT2D eigenvalue weighted by Gasteiger charge is -2.13. The number of hydrogen-bond acceptors (Lipinski definition) is 4. The van der Waals surface area contributed by atoms with Gasteiger partial charge in [0.2, 0.25) is 0 Å². The van der Waals surface area contributed by atoms with E-state index >= 15 is 0 Å². The van der Waals surface area contributed by atoms with E-state index in [1.807, 2.05) is 48.5 Å². The minimum absolute atomic E-state index is 0.0986. The molecule has 0 bridgehead atoms. The fourth-order valence-electron chi connectivity index (χ4n) is 2.25. The maximum absolute atomic E-state index is 5.88. The van der Waals surface area contributed by atoms with Crippen molar-refractivity contribution in [3.8, 4) is 11.5 Å². The van der Waals surface area contributed by atoms with Crippen molar-refractivity contribution in [2.75, 3.05) is 20.3 Å². The largest absolute Gasteiger partial charge is 0.494 e. The van der Waals surface area contributed by atoms with Gasteiger partial charge in [-0.25, -0.2) is 0 Å². The Balaban J connectivity index is 1.56. The first-order valence-corrected chi connectivity index (χ1v) is 7.84. The minimum Gasteiger partial charge on any atom is -0.493 e. The summed E-state index contributed by atoms with van der Waals surface area (Å²) >= 11 is 3.42. The number of ether oxygens (including phenoxy) is 2. The number of para-hydroxylation sites is 2. The zero-order valence-corrected chi connectivity index (χ0v) is 13.8. The zero-order valence-electron chi connectivity index (χ0n) is 12.2. The van der Waals surface area contributed by atoms with E-state index in [-0.39, 0.29) is 13.2 Å². The highest BCUT2D eigenvalue weighted by Gasteiger charge is 2.33. The van der Waals surface area contributed by atoms with Gasteiger partial charge in [-0.05, 0) is 29.7 Å². The minimum atomic E-state index is -0.334. The average Bonchev–Trinajstić information content (AvgIpc) is 3.03. The first-order chi connectivity index (χ1) is 10.8. The van der Waals surface area contributed by atoms with E-state index in [0.717, 1.165) is 9.94 Å². The molecule has 0 aromatic heterocycles. The summed E-state index contributed by atoms with van der Waals surface area (Å²) in [7, 11) is 1.29. The molecule has 0 amide bonds. The second kappa shape index (κ2) is 7.18. The average molecular weight is 363 g/mol. The Morgan fingerprint density at radius 2 is 1.86 bits per heavy atom. The van der Waals surface area contributed by atoms with Gasteiger partial charge in [-0.3, -0.25) is 0 Å². The van der Waals surface area contributed by atoms with Crippen LogP contribution in [-0.4, -0.2) is 33.5 Å². The third-order valence-corrected chi connectivity index (χ3v) is 3.91. The Morgan fingerprint density at radius 3 is 2.59 bits per heavy atom. The number of hydrogen-bond donors (Lipinski definition) is 0. The van der Waals surface area contributed by atoms with Crippen molar-refractivity contribution in [1.29, 1.82) is 0 Å². The molecule has 4 nitrogen and oxygen atoms in total. The van der Waals surface area contributed by atoms with Gasteiger partial charge in [-0.1, -0.05) is 40.2 Å². The Morgan fingerprint density at radius 1 is 1.14 bits per heavy atom. The molecule has 114 valence electrons. The van der Waals surface area contributed by atoms with Crippen molar-refractivity contribution in [3.63, 3.8) is 0 Å². The maximum atomic E-state index is 5.88. The van der Waals surface area contributed by atoms with Crippen LogP contribution < -0.4 is 14.9 Å². The van der Waals surface area contributed by atoms with E-state index in [4.69, 9.17) is 18.8 Å². The molecule has 6 heteroatoms. The van der Waals surface area contributed by atoms with Gasteiger partial charge in [-0.2, -0.15) is 0 Å². The van der Waals surface area contributed by atoms with Gasteiger partial charge in [0.15, 0.2) is 11.5 Å². The zero-order chi connectivity index (χ0) is 15.4. The van der Waals surface area contributed by atoms with Gasteiger partial charge in [0.05, 0.1) is 19.8 Å². The Labute approximate surface area is 138 Å². The molecule has 1 aliphatic rings. The van der Waals surface area contributed by atoms with Crippen molar-refractivity contribution < 1.29 is 18.8 Å². The van der Waals surface area contributed by atoms with Gasteiger partial charge < -0.3 is 18.8 Å². The SMILES string of the molecule is COc1ccccc1OCC1COB(c2ccc(Br)cc2)O1. The number of benzene rings is 2. The molecule has 1 saturated heterocycles. The van der Waals surface area contributed by atoms with Gasteiger partial charge >= 0.3 is 7.12 Å². The highest BCUT2D eigenvalue weighted by molar-refractivity contribution is 9.10. The fraction of sp³-hybridized carbons (Fsp3) is 0.250. The summed E-state index contributed by atoms with van der Waals surface area (Å²) in [5.41, 5.74) is 1.00. The monoisotopic (exact) mass is 362 g/mol. The molecule has 3 rings (SSSR count). The summed E-state index contributed by atoms with van der Waals surface area (Å²) < 4.78 is 23.6. The van der Waals surface area contributed by atoms with E-state index in [1.54, 1.807) is 7.11 Å². The summed E-state index contributed by atoms with van der Waals surface area (Å²) in [5, 5.41) is 0. The highest BCUT2D eigenvalue weighted by atomic mass is 79.9. The molecule has 2 aromatic rings. The van der Waals surface area contributed by atoms with Crippen molar-refractivity contribution in [3.05, 3.63) is 53.0 Å². The molecule has 1 atom stereocenters. The summed E-state index contributed by atoms with van der Waals surface area (Å²) in [6.07, 6.45) is -0.0986. The Kier molecular flexibility index (Phi) is 5.03. The van der Waals surface area contributed by atoms with Crippen LogP contribution in [0, 0.1) is 0 Å². The molecular weight excluding hydrogens is 347 g/mol. The van der Waals surface area contributed by atoms with Crippen LogP contribution in [0.25, 0.3) is 0 Å². The summed E-state index contributed by atoms with van der Waals surface area (Å²) in [6, 6.07) is 15.5. The summed E-state index contributed by atoms with van der Waals surface area (Å²) in [5.74, 6) is 1.42. The predicted molar refractivity (Wildman–Crippen MR) is 88.8 cm³/mol.